The molecule has 0 unspecified atom stereocenters. The number of fused-ring (bicyclic) bond motifs is 3. The summed E-state index contributed by atoms with van der Waals surface area (Å²) in [6.07, 6.45) is 5.25. The lowest BCUT2D eigenvalue weighted by Gasteiger charge is -2.21. The highest BCUT2D eigenvalue weighted by Gasteiger charge is 2.39. The van der Waals surface area contributed by atoms with Crippen molar-refractivity contribution in [1.82, 2.24) is 15.6 Å². The van der Waals surface area contributed by atoms with Gasteiger partial charge in [0.25, 0.3) is 5.91 Å². The first-order valence-electron chi connectivity index (χ1n) is 6.68. The number of thiophene rings is 1. The molecule has 21 heavy (non-hydrogen) atoms. The molecule has 1 amide bonds. The van der Waals surface area contributed by atoms with E-state index >= 15 is 0 Å². The first kappa shape index (κ1) is 16.5. The number of aromatic nitrogens is 1. The van der Waals surface area contributed by atoms with Crippen molar-refractivity contribution in [1.29, 1.82) is 0 Å². The molecule has 0 aromatic carbocycles. The van der Waals surface area contributed by atoms with Gasteiger partial charge in [0.1, 0.15) is 5.69 Å². The van der Waals surface area contributed by atoms with Crippen molar-refractivity contribution >= 4 is 52.8 Å². The summed E-state index contributed by atoms with van der Waals surface area (Å²) in [6.45, 7) is 0. The maximum atomic E-state index is 12.2. The van der Waals surface area contributed by atoms with Gasteiger partial charge in [-0.1, -0.05) is 0 Å². The third-order valence-corrected chi connectivity index (χ3v) is 4.99. The van der Waals surface area contributed by atoms with Crippen LogP contribution in [0, 0.1) is 0 Å². The quantitative estimate of drug-likeness (QED) is 0.879. The maximum absolute atomic E-state index is 12.2. The summed E-state index contributed by atoms with van der Waals surface area (Å²) in [5.74, 6) is -0.0487. The molecule has 2 N–H and O–H groups in total. The van der Waals surface area contributed by atoms with Gasteiger partial charge < -0.3 is 10.6 Å². The van der Waals surface area contributed by atoms with Crippen LogP contribution >= 0.6 is 36.2 Å². The molecule has 7 heteroatoms. The number of nitrogens with zero attached hydrogens (tertiary/aromatic N) is 1. The Morgan fingerprint density at radius 3 is 2.81 bits per heavy atom. The van der Waals surface area contributed by atoms with Crippen LogP contribution in [-0.2, 0) is 0 Å². The van der Waals surface area contributed by atoms with E-state index in [0.717, 1.165) is 17.2 Å². The minimum atomic E-state index is -0.0487. The average molecular weight is 346 g/mol. The lowest BCUT2D eigenvalue weighted by atomic mass is 9.95. The number of carbonyl (C=O) groups is 1. The van der Waals surface area contributed by atoms with Gasteiger partial charge in [0.05, 0.1) is 0 Å². The number of nitrogens with one attached hydrogen (secondary N) is 2. The molecule has 0 saturated carbocycles. The lowest BCUT2D eigenvalue weighted by Crippen LogP contribution is -2.43. The summed E-state index contributed by atoms with van der Waals surface area (Å²) in [7, 11) is 0. The maximum Gasteiger partial charge on any atom is 0.270 e. The summed E-state index contributed by atoms with van der Waals surface area (Å²) in [5.41, 5.74) is 0.522. The fraction of sp³-hybridized carbons (Fsp3) is 0.429. The number of pyridine rings is 1. The molecule has 2 aliphatic rings. The van der Waals surface area contributed by atoms with Crippen LogP contribution in [0.5, 0.6) is 0 Å². The molecule has 3 atom stereocenters. The summed E-state index contributed by atoms with van der Waals surface area (Å²) in [5, 5.41) is 12.9. The van der Waals surface area contributed by atoms with E-state index in [1.165, 1.54) is 12.8 Å². The van der Waals surface area contributed by atoms with Crippen molar-refractivity contribution in [3.8, 4) is 0 Å². The predicted octanol–water partition coefficient (Wildman–Crippen LogP) is 2.76. The topological polar surface area (TPSA) is 54.0 Å². The molecule has 2 aromatic heterocycles. The SMILES string of the molecule is Cl.Cl.O=C(N[C@@H]1C[C@H]2CC[C@@H]1N2)c1cc2cscc2cn1. The molecule has 4 rings (SSSR count). The van der Waals surface area contributed by atoms with E-state index in [4.69, 9.17) is 0 Å². The van der Waals surface area contributed by atoms with Gasteiger partial charge >= 0.3 is 0 Å². The van der Waals surface area contributed by atoms with Crippen LogP contribution in [0.1, 0.15) is 29.8 Å². The molecule has 4 heterocycles. The first-order chi connectivity index (χ1) is 9.29. The Labute approximate surface area is 139 Å². The normalized spacial score (nSPS) is 26.2. The highest BCUT2D eigenvalue weighted by atomic mass is 35.5. The number of hydrogen-bond donors (Lipinski definition) is 2. The molecule has 0 spiro atoms. The zero-order valence-electron chi connectivity index (χ0n) is 11.2. The Kier molecular flexibility index (Phi) is 5.09. The number of amides is 1. The molecule has 2 saturated heterocycles. The van der Waals surface area contributed by atoms with Crippen molar-refractivity contribution in [3.05, 3.63) is 28.7 Å². The third-order valence-electron chi connectivity index (χ3n) is 4.21. The van der Waals surface area contributed by atoms with Crippen molar-refractivity contribution < 1.29 is 4.79 Å². The summed E-state index contributed by atoms with van der Waals surface area (Å²) >= 11 is 1.63. The second-order valence-corrected chi connectivity index (χ2v) is 6.18. The van der Waals surface area contributed by atoms with Crippen LogP contribution in [0.25, 0.3) is 10.8 Å². The van der Waals surface area contributed by atoms with Crippen molar-refractivity contribution in [3.63, 3.8) is 0 Å². The van der Waals surface area contributed by atoms with Crippen molar-refractivity contribution in [2.75, 3.05) is 0 Å². The third kappa shape index (κ3) is 3.01. The lowest BCUT2D eigenvalue weighted by molar-refractivity contribution is 0.0926. The molecule has 114 valence electrons. The number of carbonyl (C=O) groups excluding carboxylic acids is 1. The highest BCUT2D eigenvalue weighted by molar-refractivity contribution is 7.09. The van der Waals surface area contributed by atoms with Gasteiger partial charge in [-0.3, -0.25) is 9.78 Å². The van der Waals surface area contributed by atoms with Gasteiger partial charge in [-0.25, -0.2) is 0 Å². The molecule has 4 nitrogen and oxygen atoms in total. The molecular formula is C14H17Cl2N3OS. The predicted molar refractivity (Wildman–Crippen MR) is 89.9 cm³/mol. The van der Waals surface area contributed by atoms with Crippen molar-refractivity contribution in [2.45, 2.75) is 37.4 Å². The fourth-order valence-electron chi connectivity index (χ4n) is 3.21. The Morgan fingerprint density at radius 2 is 2.10 bits per heavy atom. The Bertz CT molecular complexity index is 648. The summed E-state index contributed by atoms with van der Waals surface area (Å²) in [4.78, 5) is 16.5. The molecule has 2 bridgehead atoms. The second-order valence-electron chi connectivity index (χ2n) is 5.43. The van der Waals surface area contributed by atoms with E-state index in [-0.39, 0.29) is 36.8 Å². The van der Waals surface area contributed by atoms with Gasteiger partial charge in [-0.2, -0.15) is 11.3 Å². The smallest absolute Gasteiger partial charge is 0.270 e. The van der Waals surface area contributed by atoms with Crippen LogP contribution in [0.2, 0.25) is 0 Å². The zero-order chi connectivity index (χ0) is 12.8. The fourth-order valence-corrected chi connectivity index (χ4v) is 3.98. The van der Waals surface area contributed by atoms with E-state index in [1.807, 2.05) is 16.8 Å². The van der Waals surface area contributed by atoms with Crippen molar-refractivity contribution in [2.24, 2.45) is 0 Å². The average Bonchev–Trinajstić information content (AvgIpc) is 3.13. The second kappa shape index (κ2) is 6.48. The first-order valence-corrected chi connectivity index (χ1v) is 7.63. The van der Waals surface area contributed by atoms with E-state index < -0.39 is 0 Å². The van der Waals surface area contributed by atoms with Gasteiger partial charge in [-0.05, 0) is 36.1 Å². The van der Waals surface area contributed by atoms with Crippen LogP contribution in [-0.4, -0.2) is 29.0 Å². The van der Waals surface area contributed by atoms with E-state index in [1.54, 1.807) is 17.5 Å². The Morgan fingerprint density at radius 1 is 1.29 bits per heavy atom. The summed E-state index contributed by atoms with van der Waals surface area (Å²) in [6, 6.07) is 3.20. The van der Waals surface area contributed by atoms with Gasteiger partial charge in [0.15, 0.2) is 0 Å². The standard InChI is InChI=1S/C14H15N3OS.2ClH/c18-14(17-12-4-10-1-2-11(12)16-10)13-3-8-6-19-7-9(8)5-15-13;;/h3,5-7,10-12,16H,1-2,4H2,(H,17,18);2*1H/t10-,11+,12-;;/m1../s1. The minimum absolute atomic E-state index is 0. The van der Waals surface area contributed by atoms with E-state index in [9.17, 15) is 4.79 Å². The largest absolute Gasteiger partial charge is 0.346 e. The van der Waals surface area contributed by atoms with E-state index in [2.05, 4.69) is 15.6 Å². The zero-order valence-corrected chi connectivity index (χ0v) is 13.7. The van der Waals surface area contributed by atoms with Gasteiger partial charge in [-0.15, -0.1) is 24.8 Å². The Hall–Kier alpha value is -0.880. The Balaban J connectivity index is 0.000000807. The molecule has 2 aromatic rings. The molecule has 0 radical (unpaired) electrons. The number of hydrogen-bond acceptors (Lipinski definition) is 4. The van der Waals surface area contributed by atoms with Gasteiger partial charge in [0.2, 0.25) is 0 Å². The highest BCUT2D eigenvalue weighted by Crippen LogP contribution is 2.28. The molecule has 0 aliphatic carbocycles. The monoisotopic (exact) mass is 345 g/mol. The number of rotatable bonds is 2. The van der Waals surface area contributed by atoms with Crippen LogP contribution in [0.3, 0.4) is 0 Å². The number of halogens is 2. The van der Waals surface area contributed by atoms with Crippen LogP contribution < -0.4 is 10.6 Å². The molecule has 2 aliphatic heterocycles. The van der Waals surface area contributed by atoms with Crippen LogP contribution in [0.4, 0.5) is 0 Å². The summed E-state index contributed by atoms with van der Waals surface area (Å²) < 4.78 is 0. The molecule has 2 fully saturated rings. The van der Waals surface area contributed by atoms with Crippen LogP contribution in [0.15, 0.2) is 23.0 Å². The van der Waals surface area contributed by atoms with E-state index in [0.29, 0.717) is 17.8 Å². The van der Waals surface area contributed by atoms with Gasteiger partial charge in [0, 0.05) is 35.1 Å². The minimum Gasteiger partial charge on any atom is -0.346 e. The molecular weight excluding hydrogens is 329 g/mol.